The lowest BCUT2D eigenvalue weighted by Gasteiger charge is -1.90. The van der Waals surface area contributed by atoms with E-state index in [-0.39, 0.29) is 0 Å². The minimum Gasteiger partial charge on any atom is -0.478 e. The minimum absolute atomic E-state index is 0.937. The molecule has 0 bridgehead atoms. The van der Waals surface area contributed by atoms with E-state index in [1.54, 1.807) is 0 Å². The van der Waals surface area contributed by atoms with Crippen molar-refractivity contribution in [1.82, 2.24) is 0 Å². The van der Waals surface area contributed by atoms with Crippen LogP contribution in [0.4, 0.5) is 0 Å². The van der Waals surface area contributed by atoms with Crippen molar-refractivity contribution in [3.8, 4) is 0 Å². The van der Waals surface area contributed by atoms with E-state index in [0.29, 0.717) is 0 Å². The molecule has 0 aliphatic rings. The van der Waals surface area contributed by atoms with Crippen LogP contribution in [0.5, 0.6) is 0 Å². The first kappa shape index (κ1) is 8.35. The maximum absolute atomic E-state index is 10.2. The van der Waals surface area contributed by atoms with E-state index in [2.05, 4.69) is 6.58 Å². The summed E-state index contributed by atoms with van der Waals surface area (Å²) in [5.41, 5.74) is -0.937. The molecule has 0 fully saturated rings. The van der Waals surface area contributed by atoms with Gasteiger partial charge in [-0.15, -0.1) is 0 Å². The second-order valence-corrected chi connectivity index (χ2v) is 1.42. The average Bonchev–Trinajstić information content (AvgIpc) is 1.84. The molecule has 0 heterocycles. The number of carbonyl (C=O) groups is 3. The Kier molecular flexibility index (Phi) is 2.31. The van der Waals surface area contributed by atoms with Gasteiger partial charge in [-0.3, -0.25) is 4.79 Å². The molecule has 0 atom stereocenters. The standard InChI is InChI=1S/C5H4O5/c1-2(4(7)8)3(6)5(9)10/h1H2,(H,7,8)(H,9,10). The summed E-state index contributed by atoms with van der Waals surface area (Å²) in [6, 6.07) is 0. The lowest BCUT2D eigenvalue weighted by molar-refractivity contribution is -0.149. The SMILES string of the molecule is C=C(C(=O)O)C(=O)C(=O)O. The van der Waals surface area contributed by atoms with Crippen LogP contribution in [-0.2, 0) is 14.4 Å². The summed E-state index contributed by atoms with van der Waals surface area (Å²) in [6.07, 6.45) is 0. The highest BCUT2D eigenvalue weighted by molar-refractivity contribution is 6.45. The summed E-state index contributed by atoms with van der Waals surface area (Å²) >= 11 is 0. The van der Waals surface area contributed by atoms with Crippen LogP contribution in [0.3, 0.4) is 0 Å². The second kappa shape index (κ2) is 2.77. The normalized spacial score (nSPS) is 8.40. The highest BCUT2D eigenvalue weighted by atomic mass is 16.4. The molecule has 0 aliphatic carbocycles. The molecule has 5 nitrogen and oxygen atoms in total. The van der Waals surface area contributed by atoms with E-state index in [1.807, 2.05) is 0 Å². The molecule has 0 saturated carbocycles. The molecule has 0 rings (SSSR count). The van der Waals surface area contributed by atoms with Crippen LogP contribution in [0.1, 0.15) is 0 Å². The van der Waals surface area contributed by atoms with Gasteiger partial charge in [-0.1, -0.05) is 6.58 Å². The van der Waals surface area contributed by atoms with Crippen LogP contribution >= 0.6 is 0 Å². The van der Waals surface area contributed by atoms with Crippen molar-refractivity contribution in [3.05, 3.63) is 12.2 Å². The Morgan fingerprint density at radius 1 is 1.00 bits per heavy atom. The van der Waals surface area contributed by atoms with Gasteiger partial charge in [0, 0.05) is 0 Å². The maximum atomic E-state index is 10.2. The van der Waals surface area contributed by atoms with Crippen LogP contribution in [0.25, 0.3) is 0 Å². The van der Waals surface area contributed by atoms with Gasteiger partial charge in [0.05, 0.1) is 0 Å². The molecule has 54 valence electrons. The monoisotopic (exact) mass is 144 g/mol. The third-order valence-electron chi connectivity index (χ3n) is 0.726. The number of rotatable bonds is 3. The molecule has 0 aromatic carbocycles. The zero-order chi connectivity index (χ0) is 8.31. The van der Waals surface area contributed by atoms with Crippen molar-refractivity contribution in [2.24, 2.45) is 0 Å². The Balaban J connectivity index is 4.39. The summed E-state index contributed by atoms with van der Waals surface area (Å²) < 4.78 is 0. The van der Waals surface area contributed by atoms with Gasteiger partial charge in [0.2, 0.25) is 0 Å². The number of aliphatic carboxylic acids is 2. The molecule has 0 amide bonds. The van der Waals surface area contributed by atoms with E-state index < -0.39 is 23.3 Å². The molecule has 0 aromatic rings. The van der Waals surface area contributed by atoms with E-state index in [9.17, 15) is 14.4 Å². The number of carbonyl (C=O) groups excluding carboxylic acids is 1. The summed E-state index contributed by atoms with van der Waals surface area (Å²) in [4.78, 5) is 29.8. The fourth-order valence-electron chi connectivity index (χ4n) is 0.226. The lowest BCUT2D eigenvalue weighted by atomic mass is 10.2. The number of ketones is 1. The number of hydrogen-bond donors (Lipinski definition) is 2. The quantitative estimate of drug-likeness (QED) is 0.236. The smallest absolute Gasteiger partial charge is 0.377 e. The fourth-order valence-corrected chi connectivity index (χ4v) is 0.226. The first-order valence-corrected chi connectivity index (χ1v) is 2.16. The summed E-state index contributed by atoms with van der Waals surface area (Å²) in [7, 11) is 0. The maximum Gasteiger partial charge on any atom is 0.377 e. The van der Waals surface area contributed by atoms with Gasteiger partial charge in [-0.25, -0.2) is 9.59 Å². The van der Waals surface area contributed by atoms with Gasteiger partial charge in [-0.2, -0.15) is 0 Å². The predicted molar refractivity (Wildman–Crippen MR) is 29.4 cm³/mol. The summed E-state index contributed by atoms with van der Waals surface area (Å²) in [5.74, 6) is -4.92. The van der Waals surface area contributed by atoms with Crippen LogP contribution < -0.4 is 0 Å². The summed E-state index contributed by atoms with van der Waals surface area (Å²) in [6.45, 7) is 2.75. The molecule has 0 saturated heterocycles. The van der Waals surface area contributed by atoms with Crippen molar-refractivity contribution < 1.29 is 24.6 Å². The van der Waals surface area contributed by atoms with Crippen LogP contribution in [0, 0.1) is 0 Å². The van der Waals surface area contributed by atoms with Gasteiger partial charge < -0.3 is 10.2 Å². The average molecular weight is 144 g/mol. The number of Topliss-reactive ketones (excluding diaryl/α,β-unsaturated/α-hetero) is 1. The van der Waals surface area contributed by atoms with Gasteiger partial charge >= 0.3 is 11.9 Å². The largest absolute Gasteiger partial charge is 0.478 e. The third-order valence-corrected chi connectivity index (χ3v) is 0.726. The molecule has 0 radical (unpaired) electrons. The third kappa shape index (κ3) is 1.70. The second-order valence-electron chi connectivity index (χ2n) is 1.42. The van der Waals surface area contributed by atoms with E-state index >= 15 is 0 Å². The molecular formula is C5H4O5. The van der Waals surface area contributed by atoms with E-state index in [4.69, 9.17) is 10.2 Å². The van der Waals surface area contributed by atoms with Crippen molar-refractivity contribution >= 4 is 17.7 Å². The van der Waals surface area contributed by atoms with Crippen molar-refractivity contribution in [3.63, 3.8) is 0 Å². The van der Waals surface area contributed by atoms with Gasteiger partial charge in [0.25, 0.3) is 5.78 Å². The Bertz CT molecular complexity index is 190. The van der Waals surface area contributed by atoms with E-state index in [1.165, 1.54) is 0 Å². The van der Waals surface area contributed by atoms with E-state index in [0.717, 1.165) is 0 Å². The van der Waals surface area contributed by atoms with Gasteiger partial charge in [0.1, 0.15) is 5.57 Å². The molecule has 0 unspecified atom stereocenters. The first-order chi connectivity index (χ1) is 4.46. The molecule has 0 spiro atoms. The van der Waals surface area contributed by atoms with Crippen molar-refractivity contribution in [2.45, 2.75) is 0 Å². The fraction of sp³-hybridized carbons (Fsp3) is 0. The molecule has 0 aromatic heterocycles. The first-order valence-electron chi connectivity index (χ1n) is 2.16. The Hall–Kier alpha value is -1.65. The minimum atomic E-state index is -1.81. The topological polar surface area (TPSA) is 91.7 Å². The predicted octanol–water partition coefficient (Wildman–Crippen LogP) is -0.719. The Morgan fingerprint density at radius 2 is 1.40 bits per heavy atom. The molecule has 5 heteroatoms. The number of hydrogen-bond acceptors (Lipinski definition) is 3. The Labute approximate surface area is 55.6 Å². The summed E-state index contributed by atoms with van der Waals surface area (Å²) in [5, 5.41) is 15.9. The Morgan fingerprint density at radius 3 is 1.50 bits per heavy atom. The molecule has 0 aliphatic heterocycles. The highest BCUT2D eigenvalue weighted by Gasteiger charge is 2.20. The van der Waals surface area contributed by atoms with Crippen LogP contribution in [-0.4, -0.2) is 27.9 Å². The van der Waals surface area contributed by atoms with Crippen molar-refractivity contribution in [2.75, 3.05) is 0 Å². The molecule has 10 heavy (non-hydrogen) atoms. The van der Waals surface area contributed by atoms with Crippen molar-refractivity contribution in [1.29, 1.82) is 0 Å². The number of carboxylic acids is 2. The van der Waals surface area contributed by atoms with Gasteiger partial charge in [-0.05, 0) is 0 Å². The van der Waals surface area contributed by atoms with Gasteiger partial charge in [0.15, 0.2) is 0 Å². The zero-order valence-corrected chi connectivity index (χ0v) is 4.83. The zero-order valence-electron chi connectivity index (χ0n) is 4.83. The van der Waals surface area contributed by atoms with Crippen LogP contribution in [0.2, 0.25) is 0 Å². The molecule has 2 N–H and O–H groups in total. The van der Waals surface area contributed by atoms with Crippen LogP contribution in [0.15, 0.2) is 12.2 Å². The highest BCUT2D eigenvalue weighted by Crippen LogP contribution is 1.91. The lowest BCUT2D eigenvalue weighted by Crippen LogP contribution is -2.19. The number of carboxylic acid groups (broad SMARTS) is 2. The molecular weight excluding hydrogens is 140 g/mol.